The van der Waals surface area contributed by atoms with Gasteiger partial charge in [0.05, 0.1) is 18.0 Å². The molecule has 152 valence electrons. The van der Waals surface area contributed by atoms with Gasteiger partial charge < -0.3 is 15.4 Å². The zero-order valence-electron chi connectivity index (χ0n) is 16.8. The summed E-state index contributed by atoms with van der Waals surface area (Å²) in [7, 11) is -3.29. The van der Waals surface area contributed by atoms with Crippen LogP contribution in [0.5, 0.6) is 0 Å². The number of hydrogen-bond donors (Lipinski definition) is 2. The molecule has 0 spiro atoms. The molecule has 2 N–H and O–H groups in total. The molecule has 1 saturated heterocycles. The first-order valence-electron chi connectivity index (χ1n) is 9.96. The number of aliphatic imine (C=N–C) groups is 1. The average Bonchev–Trinajstić information content (AvgIpc) is 2.53. The molecule has 0 aromatic rings. The van der Waals surface area contributed by atoms with Crippen LogP contribution in [0.2, 0.25) is 0 Å². The fraction of sp³-hybridized carbons (Fsp3) is 0.944. The van der Waals surface area contributed by atoms with Crippen LogP contribution in [0.15, 0.2) is 4.99 Å². The van der Waals surface area contributed by atoms with Crippen molar-refractivity contribution in [1.82, 2.24) is 14.9 Å². The smallest absolute Gasteiger partial charge is 0.216 e. The molecule has 0 amide bonds. The van der Waals surface area contributed by atoms with Crippen LogP contribution in [-0.2, 0) is 14.8 Å². The first-order chi connectivity index (χ1) is 12.3. The Kier molecular flexibility index (Phi) is 7.73. The summed E-state index contributed by atoms with van der Waals surface area (Å²) in [5.74, 6) is 0.779. The number of morpholine rings is 1. The normalized spacial score (nSPS) is 27.0. The SMILES string of the molecule is CCNC(=NCC1(CC)CCC1)NCCS(=O)(=O)N1CC(C)OC(C)C1. The molecular weight excluding hydrogens is 352 g/mol. The van der Waals surface area contributed by atoms with E-state index in [4.69, 9.17) is 9.73 Å². The predicted molar refractivity (Wildman–Crippen MR) is 106 cm³/mol. The Balaban J connectivity index is 1.86. The number of nitrogens with zero attached hydrogens (tertiary/aromatic N) is 2. The van der Waals surface area contributed by atoms with Gasteiger partial charge in [0.25, 0.3) is 0 Å². The molecule has 2 rings (SSSR count). The largest absolute Gasteiger partial charge is 0.373 e. The van der Waals surface area contributed by atoms with E-state index < -0.39 is 10.0 Å². The van der Waals surface area contributed by atoms with Crippen molar-refractivity contribution in [2.24, 2.45) is 10.4 Å². The van der Waals surface area contributed by atoms with E-state index in [0.29, 0.717) is 31.0 Å². The van der Waals surface area contributed by atoms with Gasteiger partial charge in [-0.15, -0.1) is 0 Å². The third-order valence-electron chi connectivity index (χ3n) is 5.51. The van der Waals surface area contributed by atoms with Crippen LogP contribution in [0.1, 0.15) is 53.4 Å². The van der Waals surface area contributed by atoms with Crippen LogP contribution >= 0.6 is 0 Å². The number of sulfonamides is 1. The van der Waals surface area contributed by atoms with E-state index in [9.17, 15) is 8.42 Å². The molecule has 26 heavy (non-hydrogen) atoms. The first kappa shape index (κ1) is 21.4. The maximum Gasteiger partial charge on any atom is 0.216 e. The summed E-state index contributed by atoms with van der Waals surface area (Å²) in [5.41, 5.74) is 0.356. The van der Waals surface area contributed by atoms with Gasteiger partial charge in [-0.2, -0.15) is 4.31 Å². The first-order valence-corrected chi connectivity index (χ1v) is 11.6. The lowest BCUT2D eigenvalue weighted by Gasteiger charge is -2.40. The fourth-order valence-corrected chi connectivity index (χ4v) is 5.17. The summed E-state index contributed by atoms with van der Waals surface area (Å²) in [4.78, 5) is 4.70. The maximum atomic E-state index is 12.6. The van der Waals surface area contributed by atoms with E-state index in [1.807, 2.05) is 20.8 Å². The highest BCUT2D eigenvalue weighted by Gasteiger charge is 2.35. The minimum absolute atomic E-state index is 0.0620. The molecule has 7 nitrogen and oxygen atoms in total. The fourth-order valence-electron chi connectivity index (χ4n) is 3.67. The zero-order chi connectivity index (χ0) is 19.2. The Bertz CT molecular complexity index is 559. The van der Waals surface area contributed by atoms with Crippen LogP contribution in [0.25, 0.3) is 0 Å². The second-order valence-corrected chi connectivity index (χ2v) is 9.81. The minimum Gasteiger partial charge on any atom is -0.373 e. The van der Waals surface area contributed by atoms with Crippen molar-refractivity contribution in [3.05, 3.63) is 0 Å². The summed E-state index contributed by atoms with van der Waals surface area (Å²) in [6.07, 6.45) is 4.81. The summed E-state index contributed by atoms with van der Waals surface area (Å²) in [5, 5.41) is 6.40. The van der Waals surface area contributed by atoms with Crippen molar-refractivity contribution < 1.29 is 13.2 Å². The predicted octanol–water partition coefficient (Wildman–Crippen LogP) is 1.56. The molecular formula is C18H36N4O3S. The number of nitrogens with one attached hydrogen (secondary N) is 2. The highest BCUT2D eigenvalue weighted by Crippen LogP contribution is 2.43. The van der Waals surface area contributed by atoms with Crippen LogP contribution in [0.4, 0.5) is 0 Å². The highest BCUT2D eigenvalue weighted by atomic mass is 32.2. The topological polar surface area (TPSA) is 83.0 Å². The van der Waals surface area contributed by atoms with Gasteiger partial charge in [-0.25, -0.2) is 8.42 Å². The monoisotopic (exact) mass is 388 g/mol. The molecule has 0 aromatic carbocycles. The van der Waals surface area contributed by atoms with Crippen LogP contribution in [0.3, 0.4) is 0 Å². The van der Waals surface area contributed by atoms with Gasteiger partial charge in [0, 0.05) is 32.7 Å². The van der Waals surface area contributed by atoms with Crippen molar-refractivity contribution in [3.63, 3.8) is 0 Å². The second kappa shape index (κ2) is 9.37. The number of hydrogen-bond acceptors (Lipinski definition) is 4. The Morgan fingerprint density at radius 3 is 2.35 bits per heavy atom. The van der Waals surface area contributed by atoms with E-state index in [1.165, 1.54) is 19.3 Å². The van der Waals surface area contributed by atoms with Gasteiger partial charge in [-0.1, -0.05) is 13.3 Å². The van der Waals surface area contributed by atoms with E-state index in [1.54, 1.807) is 4.31 Å². The molecule has 8 heteroatoms. The third kappa shape index (κ3) is 5.82. The number of rotatable bonds is 8. The Morgan fingerprint density at radius 2 is 1.85 bits per heavy atom. The molecule has 0 aromatic heterocycles. The lowest BCUT2D eigenvalue weighted by atomic mass is 9.67. The van der Waals surface area contributed by atoms with Gasteiger partial charge >= 0.3 is 0 Å². The summed E-state index contributed by atoms with van der Waals surface area (Å²) < 4.78 is 32.4. The molecule has 2 aliphatic rings. The molecule has 0 radical (unpaired) electrons. The molecule has 1 heterocycles. The van der Waals surface area contributed by atoms with Crippen molar-refractivity contribution in [3.8, 4) is 0 Å². The van der Waals surface area contributed by atoms with E-state index >= 15 is 0 Å². The van der Waals surface area contributed by atoms with Crippen molar-refractivity contribution >= 4 is 16.0 Å². The molecule has 1 saturated carbocycles. The molecule has 1 aliphatic carbocycles. The lowest BCUT2D eigenvalue weighted by molar-refractivity contribution is -0.0440. The summed E-state index contributed by atoms with van der Waals surface area (Å²) in [6.45, 7) is 10.9. The molecule has 2 atom stereocenters. The van der Waals surface area contributed by atoms with E-state index in [-0.39, 0.29) is 18.0 Å². The van der Waals surface area contributed by atoms with Crippen LogP contribution in [0, 0.1) is 5.41 Å². The van der Waals surface area contributed by atoms with Gasteiger partial charge in [-0.3, -0.25) is 4.99 Å². The van der Waals surface area contributed by atoms with Crippen molar-refractivity contribution in [2.75, 3.05) is 38.5 Å². The number of ether oxygens (including phenoxy) is 1. The molecule has 2 fully saturated rings. The summed E-state index contributed by atoms with van der Waals surface area (Å²) >= 11 is 0. The Labute approximate surface area is 159 Å². The van der Waals surface area contributed by atoms with E-state index in [2.05, 4.69) is 17.6 Å². The second-order valence-electron chi connectivity index (χ2n) is 7.72. The van der Waals surface area contributed by atoms with Gasteiger partial charge in [0.2, 0.25) is 10.0 Å². The van der Waals surface area contributed by atoms with E-state index in [0.717, 1.165) is 19.5 Å². The van der Waals surface area contributed by atoms with Gasteiger partial charge in [0.1, 0.15) is 0 Å². The maximum absolute atomic E-state index is 12.6. The van der Waals surface area contributed by atoms with Gasteiger partial charge in [-0.05, 0) is 45.4 Å². The molecule has 2 unspecified atom stereocenters. The molecule has 1 aliphatic heterocycles. The minimum atomic E-state index is -3.29. The van der Waals surface area contributed by atoms with Crippen LogP contribution in [-0.4, -0.2) is 69.4 Å². The van der Waals surface area contributed by atoms with Crippen molar-refractivity contribution in [1.29, 1.82) is 0 Å². The number of guanidine groups is 1. The lowest BCUT2D eigenvalue weighted by Crippen LogP contribution is -2.50. The third-order valence-corrected chi connectivity index (χ3v) is 7.32. The summed E-state index contributed by atoms with van der Waals surface area (Å²) in [6, 6.07) is 0. The quantitative estimate of drug-likeness (QED) is 0.487. The van der Waals surface area contributed by atoms with Crippen molar-refractivity contribution in [2.45, 2.75) is 65.6 Å². The average molecular weight is 389 g/mol. The standard InChI is InChI=1S/C18H36N4O3S/c1-5-18(8-7-9-18)14-21-17(19-6-2)20-10-11-26(23,24)22-12-15(3)25-16(4)13-22/h15-16H,5-14H2,1-4H3,(H2,19,20,21). The van der Waals surface area contributed by atoms with Crippen LogP contribution < -0.4 is 10.6 Å². The van der Waals surface area contributed by atoms with Gasteiger partial charge in [0.15, 0.2) is 5.96 Å². The highest BCUT2D eigenvalue weighted by molar-refractivity contribution is 7.89. The Morgan fingerprint density at radius 1 is 1.19 bits per heavy atom. The Hall–Kier alpha value is -0.860. The zero-order valence-corrected chi connectivity index (χ0v) is 17.6. The molecule has 0 bridgehead atoms.